The Hall–Kier alpha value is -0.380. The van der Waals surface area contributed by atoms with Crippen LogP contribution in [0.25, 0.3) is 0 Å². The zero-order chi connectivity index (χ0) is 13.1. The first kappa shape index (κ1) is 14.0. The molecule has 0 nitrogen and oxygen atoms in total. The van der Waals surface area contributed by atoms with Crippen LogP contribution in [0.4, 0.5) is 4.39 Å². The lowest BCUT2D eigenvalue weighted by Gasteiger charge is -2.11. The van der Waals surface area contributed by atoms with E-state index in [9.17, 15) is 4.39 Å². The summed E-state index contributed by atoms with van der Waals surface area (Å²) in [6.07, 6.45) is 0.792. The third-order valence-electron chi connectivity index (χ3n) is 2.61. The monoisotopic (exact) mass is 390 g/mol. The maximum Gasteiger partial charge on any atom is 0.142 e. The Morgan fingerprint density at radius 3 is 2.61 bits per heavy atom. The fraction of sp³-hybridized carbons (Fsp3) is 0.143. The SMILES string of the molecule is Fc1cc(C(Br)Cc2cccc(Br)c2)ccc1Cl. The lowest BCUT2D eigenvalue weighted by atomic mass is 10.0. The molecule has 0 aliphatic carbocycles. The molecule has 2 aromatic rings. The van der Waals surface area contributed by atoms with Crippen molar-refractivity contribution < 1.29 is 4.39 Å². The van der Waals surface area contributed by atoms with Crippen LogP contribution in [0.1, 0.15) is 16.0 Å². The van der Waals surface area contributed by atoms with Gasteiger partial charge in [0.05, 0.1) is 5.02 Å². The molecule has 0 bridgehead atoms. The van der Waals surface area contributed by atoms with E-state index in [4.69, 9.17) is 11.6 Å². The van der Waals surface area contributed by atoms with E-state index in [1.165, 1.54) is 11.6 Å². The summed E-state index contributed by atoms with van der Waals surface area (Å²) in [5.74, 6) is -0.382. The standard InChI is InChI=1S/C14H10Br2ClF/c15-11-3-1-2-9(6-11)7-12(16)10-4-5-13(17)14(18)8-10/h1-6,8,12H,7H2. The number of rotatable bonds is 3. The smallest absolute Gasteiger partial charge is 0.142 e. The molecule has 0 heterocycles. The van der Waals surface area contributed by atoms with Gasteiger partial charge in [-0.25, -0.2) is 4.39 Å². The highest BCUT2D eigenvalue weighted by Crippen LogP contribution is 2.30. The highest BCUT2D eigenvalue weighted by Gasteiger charge is 2.11. The number of halogens is 4. The average Bonchev–Trinajstić information content (AvgIpc) is 2.32. The molecular formula is C14H10Br2ClF. The Bertz CT molecular complexity index is 557. The van der Waals surface area contributed by atoms with Crippen molar-refractivity contribution in [3.05, 3.63) is 68.9 Å². The molecule has 0 aliphatic rings. The minimum absolute atomic E-state index is 0.0681. The van der Waals surface area contributed by atoms with Crippen LogP contribution in [0.15, 0.2) is 46.9 Å². The Kier molecular flexibility index (Phi) is 4.82. The van der Waals surface area contributed by atoms with Crippen molar-refractivity contribution in [3.8, 4) is 0 Å². The van der Waals surface area contributed by atoms with Crippen LogP contribution in [-0.4, -0.2) is 0 Å². The van der Waals surface area contributed by atoms with Gasteiger partial charge < -0.3 is 0 Å². The molecule has 0 N–H and O–H groups in total. The first-order chi connectivity index (χ1) is 8.56. The molecule has 94 valence electrons. The third-order valence-corrected chi connectivity index (χ3v) is 4.26. The predicted molar refractivity (Wildman–Crippen MR) is 80.9 cm³/mol. The van der Waals surface area contributed by atoms with Crippen LogP contribution in [0.2, 0.25) is 5.02 Å². The first-order valence-corrected chi connectivity index (χ1v) is 7.48. The summed E-state index contributed by atoms with van der Waals surface area (Å²) >= 11 is 12.7. The fourth-order valence-corrected chi connectivity index (χ4v) is 2.92. The van der Waals surface area contributed by atoms with Crippen LogP contribution in [0.3, 0.4) is 0 Å². The van der Waals surface area contributed by atoms with Gasteiger partial charge >= 0.3 is 0 Å². The average molecular weight is 392 g/mol. The quantitative estimate of drug-likeness (QED) is 0.569. The number of hydrogen-bond donors (Lipinski definition) is 0. The van der Waals surface area contributed by atoms with E-state index in [-0.39, 0.29) is 15.7 Å². The Morgan fingerprint density at radius 1 is 1.17 bits per heavy atom. The molecule has 4 heteroatoms. The maximum absolute atomic E-state index is 13.4. The van der Waals surface area contributed by atoms with Crippen molar-refractivity contribution in [1.82, 2.24) is 0 Å². The van der Waals surface area contributed by atoms with Gasteiger partial charge in [-0.15, -0.1) is 0 Å². The molecule has 0 aromatic heterocycles. The van der Waals surface area contributed by atoms with E-state index in [1.54, 1.807) is 6.07 Å². The van der Waals surface area contributed by atoms with Crippen molar-refractivity contribution in [2.45, 2.75) is 11.2 Å². The molecule has 0 fully saturated rings. The number of hydrogen-bond acceptors (Lipinski definition) is 0. The van der Waals surface area contributed by atoms with Crippen LogP contribution in [-0.2, 0) is 6.42 Å². The normalized spacial score (nSPS) is 12.4. The Labute approximate surface area is 127 Å². The summed E-state index contributed by atoms with van der Waals surface area (Å²) in [5.41, 5.74) is 2.07. The maximum atomic E-state index is 13.4. The molecular weight excluding hydrogens is 382 g/mol. The second-order valence-electron chi connectivity index (χ2n) is 3.98. The summed E-state index contributed by atoms with van der Waals surface area (Å²) in [4.78, 5) is 0.0681. The van der Waals surface area contributed by atoms with E-state index in [1.807, 2.05) is 24.3 Å². The highest BCUT2D eigenvalue weighted by molar-refractivity contribution is 9.10. The molecule has 2 rings (SSSR count). The van der Waals surface area contributed by atoms with E-state index in [0.717, 1.165) is 16.5 Å². The van der Waals surface area contributed by atoms with E-state index in [2.05, 4.69) is 37.9 Å². The van der Waals surface area contributed by atoms with E-state index in [0.29, 0.717) is 0 Å². The molecule has 0 spiro atoms. The minimum atomic E-state index is -0.382. The lowest BCUT2D eigenvalue weighted by Crippen LogP contribution is -1.96. The van der Waals surface area contributed by atoms with Crippen LogP contribution < -0.4 is 0 Å². The van der Waals surface area contributed by atoms with Crippen LogP contribution in [0, 0.1) is 5.82 Å². The van der Waals surface area contributed by atoms with E-state index >= 15 is 0 Å². The summed E-state index contributed by atoms with van der Waals surface area (Å²) in [6.45, 7) is 0. The van der Waals surface area contributed by atoms with Crippen LogP contribution in [0.5, 0.6) is 0 Å². The van der Waals surface area contributed by atoms with Gasteiger partial charge in [0, 0.05) is 9.30 Å². The van der Waals surface area contributed by atoms with Crippen molar-refractivity contribution in [3.63, 3.8) is 0 Å². The van der Waals surface area contributed by atoms with Gasteiger partial charge in [0.15, 0.2) is 0 Å². The zero-order valence-corrected chi connectivity index (χ0v) is 13.3. The molecule has 1 unspecified atom stereocenters. The van der Waals surface area contributed by atoms with Gasteiger partial charge in [0.2, 0.25) is 0 Å². The Balaban J connectivity index is 2.16. The number of benzene rings is 2. The van der Waals surface area contributed by atoms with Crippen LogP contribution >= 0.6 is 43.5 Å². The molecule has 0 amide bonds. The number of alkyl halides is 1. The molecule has 18 heavy (non-hydrogen) atoms. The van der Waals surface area contributed by atoms with Crippen molar-refractivity contribution in [2.24, 2.45) is 0 Å². The van der Waals surface area contributed by atoms with Gasteiger partial charge in [-0.1, -0.05) is 61.7 Å². The molecule has 0 aliphatic heterocycles. The summed E-state index contributed by atoms with van der Waals surface area (Å²) in [7, 11) is 0. The minimum Gasteiger partial charge on any atom is -0.205 e. The topological polar surface area (TPSA) is 0 Å². The van der Waals surface area contributed by atoms with Gasteiger partial charge in [0.1, 0.15) is 5.82 Å². The molecule has 0 saturated carbocycles. The molecule has 1 atom stereocenters. The zero-order valence-electron chi connectivity index (χ0n) is 9.34. The second kappa shape index (κ2) is 6.18. The summed E-state index contributed by atoms with van der Waals surface area (Å²) in [5, 5.41) is 0.154. The predicted octanol–water partition coefficient (Wildman–Crippen LogP) is 5.92. The van der Waals surface area contributed by atoms with Gasteiger partial charge in [-0.2, -0.15) is 0 Å². The van der Waals surface area contributed by atoms with Gasteiger partial charge in [-0.05, 0) is 41.8 Å². The van der Waals surface area contributed by atoms with E-state index < -0.39 is 0 Å². The second-order valence-corrected chi connectivity index (χ2v) is 6.40. The van der Waals surface area contributed by atoms with Crippen molar-refractivity contribution in [2.75, 3.05) is 0 Å². The largest absolute Gasteiger partial charge is 0.205 e. The first-order valence-electron chi connectivity index (χ1n) is 5.40. The Morgan fingerprint density at radius 2 is 1.94 bits per heavy atom. The third kappa shape index (κ3) is 3.56. The molecule has 0 radical (unpaired) electrons. The fourth-order valence-electron chi connectivity index (χ4n) is 1.70. The summed E-state index contributed by atoms with van der Waals surface area (Å²) < 4.78 is 14.4. The molecule has 2 aromatic carbocycles. The highest BCUT2D eigenvalue weighted by atomic mass is 79.9. The van der Waals surface area contributed by atoms with Crippen molar-refractivity contribution in [1.29, 1.82) is 0 Å². The summed E-state index contributed by atoms with van der Waals surface area (Å²) in [6, 6.07) is 13.0. The van der Waals surface area contributed by atoms with Crippen molar-refractivity contribution >= 4 is 43.5 Å². The van der Waals surface area contributed by atoms with Gasteiger partial charge in [-0.3, -0.25) is 0 Å². The van der Waals surface area contributed by atoms with Gasteiger partial charge in [0.25, 0.3) is 0 Å². The lowest BCUT2D eigenvalue weighted by molar-refractivity contribution is 0.625. The molecule has 0 saturated heterocycles.